The summed E-state index contributed by atoms with van der Waals surface area (Å²) in [5, 5.41) is 10.3. The number of hydrogen-bond acceptors (Lipinski definition) is 4. The number of hydrogen-bond donors (Lipinski definition) is 3. The molecule has 0 heterocycles. The maximum atomic E-state index is 12.3. The molecular weight excluding hydrogens is 384 g/mol. The number of aryl methyl sites for hydroxylation is 1. The Kier molecular flexibility index (Phi) is 6.57. The third-order valence-electron chi connectivity index (χ3n) is 3.42. The number of rotatable bonds is 6. The molecule has 0 aliphatic rings. The Hall–Kier alpha value is -2.17. The molecular formula is C16H17F2N3O3S2. The van der Waals surface area contributed by atoms with Crippen LogP contribution in [-0.2, 0) is 16.6 Å². The van der Waals surface area contributed by atoms with Gasteiger partial charge >= 0.3 is 6.03 Å². The Balaban J connectivity index is 1.92. The third kappa shape index (κ3) is 5.97. The van der Waals surface area contributed by atoms with Gasteiger partial charge < -0.3 is 10.6 Å². The van der Waals surface area contributed by atoms with Crippen LogP contribution in [0.5, 0.6) is 0 Å². The lowest BCUT2D eigenvalue weighted by atomic mass is 10.1. The van der Waals surface area contributed by atoms with E-state index in [4.69, 9.17) is 5.14 Å². The quantitative estimate of drug-likeness (QED) is 0.647. The van der Waals surface area contributed by atoms with Gasteiger partial charge in [-0.05, 0) is 54.4 Å². The lowest BCUT2D eigenvalue weighted by Crippen LogP contribution is -2.28. The fourth-order valence-electron chi connectivity index (χ4n) is 2.11. The van der Waals surface area contributed by atoms with E-state index in [0.29, 0.717) is 27.9 Å². The van der Waals surface area contributed by atoms with Crippen LogP contribution in [-0.4, -0.2) is 20.2 Å². The minimum Gasteiger partial charge on any atom is -0.334 e. The van der Waals surface area contributed by atoms with Crippen LogP contribution in [0.2, 0.25) is 0 Å². The summed E-state index contributed by atoms with van der Waals surface area (Å²) in [6, 6.07) is 9.93. The van der Waals surface area contributed by atoms with E-state index in [2.05, 4.69) is 10.6 Å². The molecule has 26 heavy (non-hydrogen) atoms. The predicted octanol–water partition coefficient (Wildman–Crippen LogP) is 3.28. The highest BCUT2D eigenvalue weighted by Crippen LogP contribution is 2.26. The zero-order valence-electron chi connectivity index (χ0n) is 13.7. The molecule has 2 rings (SSSR count). The number of carbonyl (C=O) groups excluding carboxylic acids is 1. The highest BCUT2D eigenvalue weighted by atomic mass is 32.2. The van der Waals surface area contributed by atoms with E-state index in [-0.39, 0.29) is 11.4 Å². The number of primary sulfonamides is 1. The van der Waals surface area contributed by atoms with Crippen LogP contribution in [0.15, 0.2) is 52.3 Å². The summed E-state index contributed by atoms with van der Waals surface area (Å²) in [6.45, 7) is 1.89. The Bertz CT molecular complexity index is 888. The molecule has 0 saturated heterocycles. The fourth-order valence-corrected chi connectivity index (χ4v) is 3.21. The molecule has 10 heteroatoms. The van der Waals surface area contributed by atoms with Crippen molar-refractivity contribution in [3.05, 3.63) is 53.6 Å². The summed E-state index contributed by atoms with van der Waals surface area (Å²) < 4.78 is 47.1. The summed E-state index contributed by atoms with van der Waals surface area (Å²) in [4.78, 5) is 12.3. The number of nitrogens with two attached hydrogens (primary N) is 1. The largest absolute Gasteiger partial charge is 0.334 e. The van der Waals surface area contributed by atoms with Gasteiger partial charge in [-0.15, -0.1) is 0 Å². The highest BCUT2D eigenvalue weighted by molar-refractivity contribution is 7.99. The van der Waals surface area contributed by atoms with Gasteiger partial charge in [0.25, 0.3) is 5.76 Å². The van der Waals surface area contributed by atoms with Gasteiger partial charge in [-0.3, -0.25) is 0 Å². The standard InChI is InChI=1S/C16H17F2N3O3S2/c1-10-8-14(26(19,23)24)7-2-11(10)9-20-16(22)21-12-3-5-13(6-4-12)25-15(17)18/h2-8,15H,9H2,1H3,(H2,19,23,24)(H2,20,21,22). The molecule has 140 valence electrons. The van der Waals surface area contributed by atoms with E-state index in [1.165, 1.54) is 36.4 Å². The first kappa shape index (κ1) is 20.1. The molecule has 0 aliphatic carbocycles. The van der Waals surface area contributed by atoms with E-state index in [1.807, 2.05) is 0 Å². The monoisotopic (exact) mass is 401 g/mol. The average Bonchev–Trinajstić information content (AvgIpc) is 2.54. The Morgan fingerprint density at radius 1 is 1.19 bits per heavy atom. The van der Waals surface area contributed by atoms with Crippen LogP contribution in [0, 0.1) is 6.92 Å². The van der Waals surface area contributed by atoms with Crippen LogP contribution in [0.3, 0.4) is 0 Å². The van der Waals surface area contributed by atoms with Crippen LogP contribution >= 0.6 is 11.8 Å². The first-order valence-electron chi connectivity index (χ1n) is 7.37. The van der Waals surface area contributed by atoms with Crippen molar-refractivity contribution in [3.63, 3.8) is 0 Å². The molecule has 4 N–H and O–H groups in total. The second-order valence-electron chi connectivity index (χ2n) is 5.34. The van der Waals surface area contributed by atoms with Gasteiger partial charge in [-0.2, -0.15) is 8.78 Å². The lowest BCUT2D eigenvalue weighted by molar-refractivity contribution is 0.251. The molecule has 0 radical (unpaired) electrons. The van der Waals surface area contributed by atoms with Crippen molar-refractivity contribution < 1.29 is 22.0 Å². The van der Waals surface area contributed by atoms with Gasteiger partial charge in [0.05, 0.1) is 4.90 Å². The Morgan fingerprint density at radius 2 is 1.85 bits per heavy atom. The topological polar surface area (TPSA) is 101 Å². The van der Waals surface area contributed by atoms with Crippen LogP contribution < -0.4 is 15.8 Å². The maximum Gasteiger partial charge on any atom is 0.319 e. The number of urea groups is 1. The molecule has 0 saturated carbocycles. The average molecular weight is 401 g/mol. The van der Waals surface area contributed by atoms with Crippen molar-refractivity contribution in [2.75, 3.05) is 5.32 Å². The molecule has 0 aliphatic heterocycles. The molecule has 0 bridgehead atoms. The maximum absolute atomic E-state index is 12.3. The van der Waals surface area contributed by atoms with Gasteiger partial charge in [0.15, 0.2) is 0 Å². The SMILES string of the molecule is Cc1cc(S(N)(=O)=O)ccc1CNC(=O)Nc1ccc(SC(F)F)cc1. The van der Waals surface area contributed by atoms with E-state index in [1.54, 1.807) is 13.0 Å². The first-order valence-corrected chi connectivity index (χ1v) is 9.80. The molecule has 0 spiro atoms. The van der Waals surface area contributed by atoms with Gasteiger partial charge in [0.1, 0.15) is 0 Å². The summed E-state index contributed by atoms with van der Waals surface area (Å²) in [5.41, 5.74) is 1.86. The van der Waals surface area contributed by atoms with Gasteiger partial charge in [0, 0.05) is 17.1 Å². The number of sulfonamides is 1. The third-order valence-corrected chi connectivity index (χ3v) is 5.05. The van der Waals surface area contributed by atoms with Crippen LogP contribution in [0.4, 0.5) is 19.3 Å². The molecule has 0 aromatic heterocycles. The van der Waals surface area contributed by atoms with E-state index >= 15 is 0 Å². The summed E-state index contributed by atoms with van der Waals surface area (Å²) >= 11 is 0.425. The first-order chi connectivity index (χ1) is 12.1. The van der Waals surface area contributed by atoms with Gasteiger partial charge in [-0.25, -0.2) is 18.4 Å². The van der Waals surface area contributed by atoms with E-state index in [0.717, 1.165) is 5.56 Å². The smallest absolute Gasteiger partial charge is 0.319 e. The number of amides is 2. The van der Waals surface area contributed by atoms with Gasteiger partial charge in [-0.1, -0.05) is 17.8 Å². The number of benzene rings is 2. The molecule has 2 amide bonds. The lowest BCUT2D eigenvalue weighted by Gasteiger charge is -2.11. The van der Waals surface area contributed by atoms with Crippen LogP contribution in [0.25, 0.3) is 0 Å². The van der Waals surface area contributed by atoms with Gasteiger partial charge in [0.2, 0.25) is 10.0 Å². The van der Waals surface area contributed by atoms with Crippen molar-refractivity contribution in [2.45, 2.75) is 29.0 Å². The summed E-state index contributed by atoms with van der Waals surface area (Å²) in [6.07, 6.45) is 0. The Morgan fingerprint density at radius 3 is 2.38 bits per heavy atom. The van der Waals surface area contributed by atoms with Crippen LogP contribution in [0.1, 0.15) is 11.1 Å². The highest BCUT2D eigenvalue weighted by Gasteiger charge is 2.10. The molecule has 2 aromatic rings. The number of carbonyl (C=O) groups is 1. The van der Waals surface area contributed by atoms with E-state index in [9.17, 15) is 22.0 Å². The zero-order chi connectivity index (χ0) is 19.3. The number of nitrogens with one attached hydrogen (secondary N) is 2. The normalized spacial score (nSPS) is 11.4. The second kappa shape index (κ2) is 8.47. The zero-order valence-corrected chi connectivity index (χ0v) is 15.3. The predicted molar refractivity (Wildman–Crippen MR) is 96.7 cm³/mol. The van der Waals surface area contributed by atoms with Crippen molar-refractivity contribution in [1.82, 2.24) is 5.32 Å². The summed E-state index contributed by atoms with van der Waals surface area (Å²) in [5.74, 6) is -2.50. The number of thioether (sulfide) groups is 1. The molecule has 0 fully saturated rings. The molecule has 2 aromatic carbocycles. The number of anilines is 1. The molecule has 6 nitrogen and oxygen atoms in total. The van der Waals surface area contributed by atoms with E-state index < -0.39 is 21.8 Å². The number of alkyl halides is 2. The van der Waals surface area contributed by atoms with Crippen molar-refractivity contribution in [3.8, 4) is 0 Å². The number of halogens is 2. The molecule has 0 unspecified atom stereocenters. The fraction of sp³-hybridized carbons (Fsp3) is 0.188. The molecule has 0 atom stereocenters. The second-order valence-corrected chi connectivity index (χ2v) is 7.97. The minimum atomic E-state index is -3.77. The Labute approximate surface area is 154 Å². The van der Waals surface area contributed by atoms with Crippen molar-refractivity contribution in [1.29, 1.82) is 0 Å². The minimum absolute atomic E-state index is 0.00459. The van der Waals surface area contributed by atoms with Crippen molar-refractivity contribution in [2.24, 2.45) is 5.14 Å². The summed E-state index contributed by atoms with van der Waals surface area (Å²) in [7, 11) is -3.77. The van der Waals surface area contributed by atoms with Crippen molar-refractivity contribution >= 4 is 33.5 Å².